The maximum atomic E-state index is 12.6. The number of piperidine rings is 1. The summed E-state index contributed by atoms with van der Waals surface area (Å²) in [4.78, 5) is 13.1. The number of aliphatic carboxylic acids is 1. The second-order valence-corrected chi connectivity index (χ2v) is 5.69. The van der Waals surface area contributed by atoms with Crippen molar-refractivity contribution >= 4 is 5.97 Å². The van der Waals surface area contributed by atoms with E-state index in [1.807, 2.05) is 11.8 Å². The molecule has 0 spiro atoms. The molecule has 2 rings (SSSR count). The van der Waals surface area contributed by atoms with E-state index in [0.29, 0.717) is 19.5 Å². The Kier molecular flexibility index (Phi) is 5.11. The van der Waals surface area contributed by atoms with E-state index < -0.39 is 23.8 Å². The second-order valence-electron chi connectivity index (χ2n) is 5.69. The standard InChI is InChI=1S/C16H20F3NO2/c1-2-14(15(21)22)20-9-7-12(8-10-20)11-3-5-13(6-4-11)16(17,18)19/h3-6,12,14H,2,7-10H2,1H3,(H,21,22). The van der Waals surface area contributed by atoms with Crippen LogP contribution in [0.3, 0.4) is 0 Å². The Morgan fingerprint density at radius 3 is 2.23 bits per heavy atom. The Morgan fingerprint density at radius 1 is 1.27 bits per heavy atom. The number of nitrogens with zero attached hydrogens (tertiary/aromatic N) is 1. The Bertz CT molecular complexity index is 505. The molecule has 122 valence electrons. The third-order valence-electron chi connectivity index (χ3n) is 4.35. The van der Waals surface area contributed by atoms with Gasteiger partial charge < -0.3 is 5.11 Å². The summed E-state index contributed by atoms with van der Waals surface area (Å²) in [5.74, 6) is -0.611. The Morgan fingerprint density at radius 2 is 1.82 bits per heavy atom. The Hall–Kier alpha value is -1.56. The third-order valence-corrected chi connectivity index (χ3v) is 4.35. The number of carboxylic acids is 1. The number of benzene rings is 1. The summed E-state index contributed by atoms with van der Waals surface area (Å²) in [6, 6.07) is 4.85. The highest BCUT2D eigenvalue weighted by Crippen LogP contribution is 2.33. The molecule has 1 aromatic rings. The molecule has 0 bridgehead atoms. The van der Waals surface area contributed by atoms with E-state index in [1.54, 1.807) is 0 Å². The van der Waals surface area contributed by atoms with E-state index in [0.717, 1.165) is 30.5 Å². The van der Waals surface area contributed by atoms with Gasteiger partial charge in [-0.2, -0.15) is 13.2 Å². The fourth-order valence-corrected chi connectivity index (χ4v) is 3.08. The molecule has 1 unspecified atom stereocenters. The normalized spacial score (nSPS) is 19.1. The van der Waals surface area contributed by atoms with Gasteiger partial charge in [0.15, 0.2) is 0 Å². The minimum Gasteiger partial charge on any atom is -0.480 e. The molecule has 0 radical (unpaired) electrons. The zero-order valence-electron chi connectivity index (χ0n) is 12.4. The van der Waals surface area contributed by atoms with Crippen molar-refractivity contribution in [3.05, 3.63) is 35.4 Å². The van der Waals surface area contributed by atoms with Crippen LogP contribution in [0.5, 0.6) is 0 Å². The fraction of sp³-hybridized carbons (Fsp3) is 0.562. The molecule has 1 heterocycles. The lowest BCUT2D eigenvalue weighted by atomic mass is 9.88. The molecular weight excluding hydrogens is 295 g/mol. The smallest absolute Gasteiger partial charge is 0.416 e. The summed E-state index contributed by atoms with van der Waals surface area (Å²) < 4.78 is 37.7. The number of hydrogen-bond acceptors (Lipinski definition) is 2. The predicted molar refractivity (Wildman–Crippen MR) is 76.7 cm³/mol. The number of halogens is 3. The van der Waals surface area contributed by atoms with Crippen molar-refractivity contribution in [2.45, 2.75) is 44.3 Å². The van der Waals surface area contributed by atoms with Crippen molar-refractivity contribution in [3.63, 3.8) is 0 Å². The highest BCUT2D eigenvalue weighted by atomic mass is 19.4. The lowest BCUT2D eigenvalue weighted by Crippen LogP contribution is -2.44. The molecule has 1 atom stereocenters. The third kappa shape index (κ3) is 3.80. The minimum atomic E-state index is -4.31. The van der Waals surface area contributed by atoms with Gasteiger partial charge in [-0.25, -0.2) is 0 Å². The average molecular weight is 315 g/mol. The quantitative estimate of drug-likeness (QED) is 0.920. The summed E-state index contributed by atoms with van der Waals surface area (Å²) in [7, 11) is 0. The largest absolute Gasteiger partial charge is 0.480 e. The van der Waals surface area contributed by atoms with E-state index in [9.17, 15) is 18.0 Å². The second kappa shape index (κ2) is 6.69. The molecule has 0 aliphatic carbocycles. The predicted octanol–water partition coefficient (Wildman–Crippen LogP) is 3.75. The van der Waals surface area contributed by atoms with Crippen molar-refractivity contribution in [1.82, 2.24) is 4.90 Å². The fourth-order valence-electron chi connectivity index (χ4n) is 3.08. The maximum absolute atomic E-state index is 12.6. The van der Waals surface area contributed by atoms with Gasteiger partial charge in [-0.1, -0.05) is 19.1 Å². The van der Waals surface area contributed by atoms with Crippen molar-refractivity contribution < 1.29 is 23.1 Å². The van der Waals surface area contributed by atoms with E-state index in [1.165, 1.54) is 12.1 Å². The van der Waals surface area contributed by atoms with E-state index in [-0.39, 0.29) is 5.92 Å². The molecule has 1 fully saturated rings. The van der Waals surface area contributed by atoms with Gasteiger partial charge in [0.05, 0.1) is 5.56 Å². The van der Waals surface area contributed by atoms with Crippen LogP contribution in [0.1, 0.15) is 43.2 Å². The van der Waals surface area contributed by atoms with Gasteiger partial charge in [-0.15, -0.1) is 0 Å². The molecule has 1 saturated heterocycles. The van der Waals surface area contributed by atoms with Gasteiger partial charge in [0, 0.05) is 0 Å². The number of rotatable bonds is 4. The van der Waals surface area contributed by atoms with Crippen LogP contribution in [-0.4, -0.2) is 35.1 Å². The first kappa shape index (κ1) is 16.8. The molecule has 0 saturated carbocycles. The zero-order valence-corrected chi connectivity index (χ0v) is 12.4. The summed E-state index contributed by atoms with van der Waals surface area (Å²) >= 11 is 0. The SMILES string of the molecule is CCC(C(=O)O)N1CCC(c2ccc(C(F)(F)F)cc2)CC1. The first-order chi connectivity index (χ1) is 10.3. The number of carbonyl (C=O) groups is 1. The highest BCUT2D eigenvalue weighted by molar-refractivity contribution is 5.73. The molecule has 6 heteroatoms. The van der Waals surface area contributed by atoms with Crippen LogP contribution < -0.4 is 0 Å². The number of likely N-dealkylation sites (tertiary alicyclic amines) is 1. The van der Waals surface area contributed by atoms with Crippen LogP contribution in [0, 0.1) is 0 Å². The number of hydrogen-bond donors (Lipinski definition) is 1. The molecule has 1 N–H and O–H groups in total. The van der Waals surface area contributed by atoms with E-state index in [4.69, 9.17) is 5.11 Å². The summed E-state index contributed by atoms with van der Waals surface area (Å²) in [6.45, 7) is 3.17. The van der Waals surface area contributed by atoms with Crippen molar-refractivity contribution in [3.8, 4) is 0 Å². The van der Waals surface area contributed by atoms with Crippen LogP contribution in [0.4, 0.5) is 13.2 Å². The van der Waals surface area contributed by atoms with Crippen LogP contribution in [0.15, 0.2) is 24.3 Å². The van der Waals surface area contributed by atoms with Crippen molar-refractivity contribution in [1.29, 1.82) is 0 Å². The van der Waals surface area contributed by atoms with Gasteiger partial charge in [0.1, 0.15) is 6.04 Å². The lowest BCUT2D eigenvalue weighted by molar-refractivity contribution is -0.144. The van der Waals surface area contributed by atoms with Gasteiger partial charge in [0.2, 0.25) is 0 Å². The minimum absolute atomic E-state index is 0.199. The molecule has 0 aromatic heterocycles. The molecule has 1 aromatic carbocycles. The molecule has 1 aliphatic heterocycles. The van der Waals surface area contributed by atoms with Crippen LogP contribution in [-0.2, 0) is 11.0 Å². The lowest BCUT2D eigenvalue weighted by Gasteiger charge is -2.35. The molecule has 0 amide bonds. The maximum Gasteiger partial charge on any atom is 0.416 e. The van der Waals surface area contributed by atoms with E-state index >= 15 is 0 Å². The highest BCUT2D eigenvalue weighted by Gasteiger charge is 2.31. The monoisotopic (exact) mass is 315 g/mol. The first-order valence-corrected chi connectivity index (χ1v) is 7.47. The van der Waals surface area contributed by atoms with Gasteiger partial charge in [-0.05, 0) is 56.0 Å². The molecule has 1 aliphatic rings. The van der Waals surface area contributed by atoms with Gasteiger partial charge >= 0.3 is 12.1 Å². The average Bonchev–Trinajstić information content (AvgIpc) is 2.47. The summed E-state index contributed by atoms with van der Waals surface area (Å²) in [5, 5.41) is 9.17. The van der Waals surface area contributed by atoms with Crippen molar-refractivity contribution in [2.75, 3.05) is 13.1 Å². The van der Waals surface area contributed by atoms with Crippen LogP contribution >= 0.6 is 0 Å². The van der Waals surface area contributed by atoms with Crippen molar-refractivity contribution in [2.24, 2.45) is 0 Å². The first-order valence-electron chi connectivity index (χ1n) is 7.47. The molecule has 22 heavy (non-hydrogen) atoms. The number of carboxylic acid groups (broad SMARTS) is 1. The van der Waals surface area contributed by atoms with Crippen LogP contribution in [0.2, 0.25) is 0 Å². The number of alkyl halides is 3. The zero-order chi connectivity index (χ0) is 16.3. The molecule has 3 nitrogen and oxygen atoms in total. The van der Waals surface area contributed by atoms with Crippen LogP contribution in [0.25, 0.3) is 0 Å². The van der Waals surface area contributed by atoms with Gasteiger partial charge in [-0.3, -0.25) is 9.69 Å². The topological polar surface area (TPSA) is 40.5 Å². The van der Waals surface area contributed by atoms with Gasteiger partial charge in [0.25, 0.3) is 0 Å². The summed E-state index contributed by atoms with van der Waals surface area (Å²) in [5.41, 5.74) is 0.265. The summed E-state index contributed by atoms with van der Waals surface area (Å²) in [6.07, 6.45) is -2.21. The Labute approximate surface area is 127 Å². The Balaban J connectivity index is 1.98. The molecular formula is C16H20F3NO2. The van der Waals surface area contributed by atoms with E-state index in [2.05, 4.69) is 0 Å².